The second kappa shape index (κ2) is 4.90. The fourth-order valence-electron chi connectivity index (χ4n) is 2.39. The van der Waals surface area contributed by atoms with Crippen LogP contribution in [-0.4, -0.2) is 37.6 Å². The summed E-state index contributed by atoms with van der Waals surface area (Å²) in [5.41, 5.74) is 1.40. The Morgan fingerprint density at radius 1 is 1.12 bits per heavy atom. The highest BCUT2D eigenvalue weighted by Crippen LogP contribution is 2.17. The first-order chi connectivity index (χ1) is 8.42. The molecule has 1 fully saturated rings. The van der Waals surface area contributed by atoms with Crippen molar-refractivity contribution in [3.05, 3.63) is 36.3 Å². The Morgan fingerprint density at radius 3 is 2.82 bits per heavy atom. The van der Waals surface area contributed by atoms with Crippen LogP contribution >= 0.6 is 0 Å². The molecule has 0 atom stereocenters. The summed E-state index contributed by atoms with van der Waals surface area (Å²) >= 11 is 0. The highest BCUT2D eigenvalue weighted by molar-refractivity contribution is 5.81. The van der Waals surface area contributed by atoms with E-state index in [0.29, 0.717) is 0 Å². The number of nitrogens with one attached hydrogen (secondary N) is 1. The van der Waals surface area contributed by atoms with Crippen LogP contribution in [0.3, 0.4) is 0 Å². The lowest BCUT2D eigenvalue weighted by Crippen LogP contribution is -2.44. The molecule has 1 aromatic carbocycles. The quantitative estimate of drug-likeness (QED) is 0.872. The van der Waals surface area contributed by atoms with Gasteiger partial charge in [0.2, 0.25) is 0 Å². The standard InChI is InChI=1S/C14H18N2O/c1-2-13-10-17-11-14(13)9-12(1)3-6-16-7-4-15-5-8-16/h1-2,9-11,15H,3-8H2. The maximum absolute atomic E-state index is 5.20. The third-order valence-electron chi connectivity index (χ3n) is 3.47. The third-order valence-corrected chi connectivity index (χ3v) is 3.47. The topological polar surface area (TPSA) is 28.4 Å². The lowest BCUT2D eigenvalue weighted by Gasteiger charge is -2.27. The number of furan rings is 1. The van der Waals surface area contributed by atoms with Crippen molar-refractivity contribution >= 4 is 10.8 Å². The molecule has 2 heterocycles. The Bertz CT molecular complexity index is 486. The summed E-state index contributed by atoms with van der Waals surface area (Å²) in [6, 6.07) is 6.59. The van der Waals surface area contributed by atoms with Crippen molar-refractivity contribution in [3.8, 4) is 0 Å². The van der Waals surface area contributed by atoms with E-state index in [1.165, 1.54) is 29.4 Å². The average Bonchev–Trinajstić information content (AvgIpc) is 2.85. The molecule has 1 aliphatic rings. The van der Waals surface area contributed by atoms with Crippen molar-refractivity contribution in [2.45, 2.75) is 6.42 Å². The van der Waals surface area contributed by atoms with Gasteiger partial charge in [0.25, 0.3) is 0 Å². The molecule has 3 heteroatoms. The number of rotatable bonds is 3. The largest absolute Gasteiger partial charge is 0.471 e. The van der Waals surface area contributed by atoms with E-state index < -0.39 is 0 Å². The van der Waals surface area contributed by atoms with Gasteiger partial charge >= 0.3 is 0 Å². The maximum atomic E-state index is 5.20. The zero-order valence-corrected chi connectivity index (χ0v) is 9.98. The minimum absolute atomic E-state index is 1.13. The van der Waals surface area contributed by atoms with Gasteiger partial charge in [0, 0.05) is 43.5 Å². The molecule has 0 unspecified atom stereocenters. The second-order valence-corrected chi connectivity index (χ2v) is 4.68. The van der Waals surface area contributed by atoms with Crippen molar-refractivity contribution in [1.29, 1.82) is 0 Å². The minimum atomic E-state index is 1.13. The number of fused-ring (bicyclic) bond motifs is 1. The van der Waals surface area contributed by atoms with E-state index in [2.05, 4.69) is 28.4 Å². The molecular formula is C14H18N2O. The van der Waals surface area contributed by atoms with Gasteiger partial charge in [-0.3, -0.25) is 0 Å². The normalized spacial score (nSPS) is 17.6. The second-order valence-electron chi connectivity index (χ2n) is 4.68. The Morgan fingerprint density at radius 2 is 1.94 bits per heavy atom. The van der Waals surface area contributed by atoms with Crippen LogP contribution in [0.2, 0.25) is 0 Å². The molecular weight excluding hydrogens is 212 g/mol. The van der Waals surface area contributed by atoms with Gasteiger partial charge in [-0.2, -0.15) is 0 Å². The SMILES string of the molecule is c1cc2cocc2cc1CCN1CCNCC1. The van der Waals surface area contributed by atoms with E-state index in [4.69, 9.17) is 4.42 Å². The number of nitrogens with zero attached hydrogens (tertiary/aromatic N) is 1. The van der Waals surface area contributed by atoms with Crippen molar-refractivity contribution in [3.63, 3.8) is 0 Å². The highest BCUT2D eigenvalue weighted by Gasteiger charge is 2.09. The van der Waals surface area contributed by atoms with Crippen molar-refractivity contribution in [2.75, 3.05) is 32.7 Å². The van der Waals surface area contributed by atoms with Crippen LogP contribution in [-0.2, 0) is 6.42 Å². The molecule has 0 bridgehead atoms. The smallest absolute Gasteiger partial charge is 0.0981 e. The number of piperazine rings is 1. The van der Waals surface area contributed by atoms with Crippen LogP contribution in [0, 0.1) is 0 Å². The third kappa shape index (κ3) is 2.51. The fourth-order valence-corrected chi connectivity index (χ4v) is 2.39. The monoisotopic (exact) mass is 230 g/mol. The molecule has 0 spiro atoms. The molecule has 2 aromatic rings. The summed E-state index contributed by atoms with van der Waals surface area (Å²) in [5, 5.41) is 5.78. The summed E-state index contributed by atoms with van der Waals surface area (Å²) in [7, 11) is 0. The first-order valence-corrected chi connectivity index (χ1v) is 6.30. The molecule has 90 valence electrons. The molecule has 17 heavy (non-hydrogen) atoms. The van der Waals surface area contributed by atoms with Crippen molar-refractivity contribution < 1.29 is 4.42 Å². The van der Waals surface area contributed by atoms with Gasteiger partial charge in [-0.25, -0.2) is 0 Å². The Balaban J connectivity index is 1.63. The van der Waals surface area contributed by atoms with Crippen LogP contribution in [0.1, 0.15) is 5.56 Å². The van der Waals surface area contributed by atoms with Crippen LogP contribution in [0.15, 0.2) is 35.1 Å². The summed E-state index contributed by atoms with van der Waals surface area (Å²) < 4.78 is 5.20. The van der Waals surface area contributed by atoms with Crippen LogP contribution in [0.25, 0.3) is 10.8 Å². The lowest BCUT2D eigenvalue weighted by atomic mass is 10.1. The van der Waals surface area contributed by atoms with Crippen LogP contribution in [0.4, 0.5) is 0 Å². The molecule has 3 rings (SSSR count). The van der Waals surface area contributed by atoms with Gasteiger partial charge < -0.3 is 14.6 Å². The Labute approximate surface area is 101 Å². The molecule has 0 aliphatic carbocycles. The fraction of sp³-hybridized carbons (Fsp3) is 0.429. The zero-order valence-electron chi connectivity index (χ0n) is 9.98. The summed E-state index contributed by atoms with van der Waals surface area (Å²) in [5.74, 6) is 0. The molecule has 1 saturated heterocycles. The molecule has 0 amide bonds. The van der Waals surface area contributed by atoms with E-state index in [1.54, 1.807) is 6.26 Å². The average molecular weight is 230 g/mol. The molecule has 1 N–H and O–H groups in total. The molecule has 1 aromatic heterocycles. The Hall–Kier alpha value is -1.32. The van der Waals surface area contributed by atoms with Crippen LogP contribution in [0.5, 0.6) is 0 Å². The lowest BCUT2D eigenvalue weighted by molar-refractivity contribution is 0.244. The van der Waals surface area contributed by atoms with E-state index in [0.717, 1.165) is 26.1 Å². The minimum Gasteiger partial charge on any atom is -0.471 e. The van der Waals surface area contributed by atoms with Gasteiger partial charge in [0.05, 0.1) is 12.5 Å². The Kier molecular flexibility index (Phi) is 3.12. The van der Waals surface area contributed by atoms with Gasteiger partial charge in [-0.05, 0) is 18.1 Å². The first kappa shape index (κ1) is 10.8. The molecule has 0 radical (unpaired) electrons. The highest BCUT2D eigenvalue weighted by atomic mass is 16.3. The van der Waals surface area contributed by atoms with Gasteiger partial charge in [0.15, 0.2) is 0 Å². The van der Waals surface area contributed by atoms with Crippen molar-refractivity contribution in [1.82, 2.24) is 10.2 Å². The summed E-state index contributed by atoms with van der Waals surface area (Å²) in [4.78, 5) is 2.52. The maximum Gasteiger partial charge on any atom is 0.0981 e. The van der Waals surface area contributed by atoms with Gasteiger partial charge in [-0.15, -0.1) is 0 Å². The number of hydrogen-bond acceptors (Lipinski definition) is 3. The molecule has 0 saturated carbocycles. The first-order valence-electron chi connectivity index (χ1n) is 6.30. The number of hydrogen-bond donors (Lipinski definition) is 1. The molecule has 1 aliphatic heterocycles. The van der Waals surface area contributed by atoms with Crippen molar-refractivity contribution in [2.24, 2.45) is 0 Å². The van der Waals surface area contributed by atoms with Gasteiger partial charge in [-0.1, -0.05) is 12.1 Å². The zero-order chi connectivity index (χ0) is 11.5. The van der Waals surface area contributed by atoms with E-state index >= 15 is 0 Å². The van der Waals surface area contributed by atoms with E-state index in [1.807, 2.05) is 6.26 Å². The van der Waals surface area contributed by atoms with E-state index in [-0.39, 0.29) is 0 Å². The predicted molar refractivity (Wildman–Crippen MR) is 69.2 cm³/mol. The van der Waals surface area contributed by atoms with E-state index in [9.17, 15) is 0 Å². The predicted octanol–water partition coefficient (Wildman–Crippen LogP) is 1.88. The summed E-state index contributed by atoms with van der Waals surface area (Å²) in [6.45, 7) is 5.76. The summed E-state index contributed by atoms with van der Waals surface area (Å²) in [6.07, 6.45) is 4.75. The van der Waals surface area contributed by atoms with Crippen LogP contribution < -0.4 is 5.32 Å². The number of benzene rings is 1. The van der Waals surface area contributed by atoms with Gasteiger partial charge in [0.1, 0.15) is 0 Å². The molecule has 3 nitrogen and oxygen atoms in total.